The van der Waals surface area contributed by atoms with E-state index in [9.17, 15) is 4.79 Å². The molecule has 0 saturated heterocycles. The van der Waals surface area contributed by atoms with Crippen molar-refractivity contribution >= 4 is 23.4 Å². The summed E-state index contributed by atoms with van der Waals surface area (Å²) < 4.78 is 5.07. The Morgan fingerprint density at radius 1 is 1.53 bits per heavy atom. The second-order valence-electron chi connectivity index (χ2n) is 3.56. The van der Waals surface area contributed by atoms with Crippen LogP contribution in [-0.2, 0) is 6.54 Å². The summed E-state index contributed by atoms with van der Waals surface area (Å²) in [5.74, 6) is -0.498. The molecule has 0 aromatic carbocycles. The number of hydrogen-bond donors (Lipinski definition) is 2. The first-order valence-electron chi connectivity index (χ1n) is 5.22. The average molecular weight is 278 g/mol. The van der Waals surface area contributed by atoms with Gasteiger partial charge in [0.1, 0.15) is 22.7 Å². The number of nitrogens with zero attached hydrogens (tertiary/aromatic N) is 2. The van der Waals surface area contributed by atoms with Crippen LogP contribution in [0.4, 0.5) is 5.82 Å². The highest BCUT2D eigenvalue weighted by molar-refractivity contribution is 6.34. The number of carbonyl (C=O) groups is 1. The summed E-state index contributed by atoms with van der Waals surface area (Å²) in [5.41, 5.74) is 0.310. The van der Waals surface area contributed by atoms with Crippen LogP contribution in [0.3, 0.4) is 0 Å². The molecule has 2 aromatic rings. The minimum atomic E-state index is -1.13. The molecule has 19 heavy (non-hydrogen) atoms. The van der Waals surface area contributed by atoms with Gasteiger partial charge in [-0.05, 0) is 18.2 Å². The number of carboxylic acids is 1. The lowest BCUT2D eigenvalue weighted by atomic mass is 10.3. The summed E-state index contributed by atoms with van der Waals surface area (Å²) >= 11 is 5.96. The maximum atomic E-state index is 10.6. The number of nitriles is 1. The molecule has 0 atom stereocenters. The minimum absolute atomic E-state index is 0.137. The molecule has 2 aromatic heterocycles. The first kappa shape index (κ1) is 12.9. The summed E-state index contributed by atoms with van der Waals surface area (Å²) in [6, 6.07) is 6.34. The lowest BCUT2D eigenvalue weighted by molar-refractivity contribution is 0.0660. The summed E-state index contributed by atoms with van der Waals surface area (Å²) in [4.78, 5) is 14.6. The molecule has 2 rings (SSSR count). The summed E-state index contributed by atoms with van der Waals surface area (Å²) in [6.07, 6.45) is 1.46. The highest BCUT2D eigenvalue weighted by Gasteiger charge is 2.10. The number of rotatable bonds is 4. The molecule has 2 heterocycles. The van der Waals surface area contributed by atoms with E-state index in [2.05, 4.69) is 10.3 Å². The van der Waals surface area contributed by atoms with E-state index in [0.717, 1.165) is 0 Å². The van der Waals surface area contributed by atoms with E-state index in [1.54, 1.807) is 6.07 Å². The van der Waals surface area contributed by atoms with Gasteiger partial charge in [-0.15, -0.1) is 0 Å². The number of pyridine rings is 1. The van der Waals surface area contributed by atoms with Crippen molar-refractivity contribution in [2.24, 2.45) is 0 Å². The molecule has 0 spiro atoms. The van der Waals surface area contributed by atoms with E-state index in [4.69, 9.17) is 26.4 Å². The Labute approximate surface area is 113 Å². The van der Waals surface area contributed by atoms with Crippen LogP contribution in [0, 0.1) is 11.3 Å². The van der Waals surface area contributed by atoms with E-state index in [1.807, 2.05) is 6.07 Å². The molecule has 0 saturated carbocycles. The topological polar surface area (TPSA) is 99.2 Å². The molecule has 0 radical (unpaired) electrons. The molecule has 0 fully saturated rings. The lowest BCUT2D eigenvalue weighted by Gasteiger charge is -2.06. The predicted molar refractivity (Wildman–Crippen MR) is 67.0 cm³/mol. The van der Waals surface area contributed by atoms with Gasteiger partial charge in [-0.25, -0.2) is 9.78 Å². The van der Waals surface area contributed by atoms with Gasteiger partial charge in [-0.2, -0.15) is 5.26 Å². The highest BCUT2D eigenvalue weighted by Crippen LogP contribution is 2.23. The van der Waals surface area contributed by atoms with Crippen LogP contribution in [0.25, 0.3) is 0 Å². The van der Waals surface area contributed by atoms with Crippen molar-refractivity contribution in [3.05, 3.63) is 46.5 Å². The second kappa shape index (κ2) is 5.42. The standard InChI is InChI=1S/C12H8ClN3O3/c13-10-7(5-14)3-4-15-11(10)16-6-8-1-2-9(19-8)12(17)18/h1-4H,6H2,(H,15,16)(H,17,18). The number of carboxylic acid groups (broad SMARTS) is 1. The maximum absolute atomic E-state index is 10.6. The van der Waals surface area contributed by atoms with Crippen LogP contribution in [0.15, 0.2) is 28.8 Å². The second-order valence-corrected chi connectivity index (χ2v) is 3.94. The van der Waals surface area contributed by atoms with Crippen LogP contribution < -0.4 is 5.32 Å². The van der Waals surface area contributed by atoms with Gasteiger partial charge < -0.3 is 14.8 Å². The zero-order chi connectivity index (χ0) is 13.8. The third kappa shape index (κ3) is 2.84. The summed E-state index contributed by atoms with van der Waals surface area (Å²) in [5, 5.41) is 20.6. The molecule has 0 unspecified atom stereocenters. The van der Waals surface area contributed by atoms with Crippen molar-refractivity contribution < 1.29 is 14.3 Å². The SMILES string of the molecule is N#Cc1ccnc(NCc2ccc(C(=O)O)o2)c1Cl. The quantitative estimate of drug-likeness (QED) is 0.891. The Hall–Kier alpha value is -2.52. The van der Waals surface area contributed by atoms with Crippen molar-refractivity contribution in [3.8, 4) is 6.07 Å². The molecule has 96 valence electrons. The first-order valence-corrected chi connectivity index (χ1v) is 5.60. The molecule has 0 bridgehead atoms. The van der Waals surface area contributed by atoms with Crippen molar-refractivity contribution in [1.29, 1.82) is 5.26 Å². The van der Waals surface area contributed by atoms with Gasteiger partial charge in [0.15, 0.2) is 0 Å². The Morgan fingerprint density at radius 3 is 2.95 bits per heavy atom. The lowest BCUT2D eigenvalue weighted by Crippen LogP contribution is -2.02. The van der Waals surface area contributed by atoms with Gasteiger partial charge in [0, 0.05) is 6.20 Å². The molecule has 0 amide bonds. The minimum Gasteiger partial charge on any atom is -0.475 e. The third-order valence-electron chi connectivity index (χ3n) is 2.31. The van der Waals surface area contributed by atoms with Crippen molar-refractivity contribution in [3.63, 3.8) is 0 Å². The number of anilines is 1. The molecule has 0 aliphatic rings. The smallest absolute Gasteiger partial charge is 0.371 e. The number of furan rings is 1. The van der Waals surface area contributed by atoms with Gasteiger partial charge in [0.25, 0.3) is 0 Å². The van der Waals surface area contributed by atoms with Crippen molar-refractivity contribution in [2.45, 2.75) is 6.54 Å². The van der Waals surface area contributed by atoms with E-state index in [-0.39, 0.29) is 17.3 Å². The van der Waals surface area contributed by atoms with Crippen LogP contribution in [-0.4, -0.2) is 16.1 Å². The van der Waals surface area contributed by atoms with Crippen LogP contribution in [0.5, 0.6) is 0 Å². The first-order chi connectivity index (χ1) is 9.11. The normalized spacial score (nSPS) is 9.89. The molecule has 0 aliphatic carbocycles. The molecule has 7 heteroatoms. The van der Waals surface area contributed by atoms with Gasteiger partial charge in [0.2, 0.25) is 5.76 Å². The van der Waals surface area contributed by atoms with Gasteiger partial charge in [-0.1, -0.05) is 11.6 Å². The molecular formula is C12H8ClN3O3. The van der Waals surface area contributed by atoms with Crippen LogP contribution >= 0.6 is 11.6 Å². The Morgan fingerprint density at radius 2 is 2.32 bits per heavy atom. The van der Waals surface area contributed by atoms with Crippen molar-refractivity contribution in [2.75, 3.05) is 5.32 Å². The van der Waals surface area contributed by atoms with Gasteiger partial charge in [-0.3, -0.25) is 0 Å². The zero-order valence-corrected chi connectivity index (χ0v) is 10.3. The van der Waals surface area contributed by atoms with E-state index >= 15 is 0 Å². The van der Waals surface area contributed by atoms with Gasteiger partial charge in [0.05, 0.1) is 12.1 Å². The van der Waals surface area contributed by atoms with E-state index in [0.29, 0.717) is 17.1 Å². The van der Waals surface area contributed by atoms with Crippen LogP contribution in [0.2, 0.25) is 5.02 Å². The van der Waals surface area contributed by atoms with Crippen LogP contribution in [0.1, 0.15) is 21.9 Å². The Balaban J connectivity index is 2.10. The largest absolute Gasteiger partial charge is 0.475 e. The van der Waals surface area contributed by atoms with E-state index < -0.39 is 5.97 Å². The fourth-order valence-corrected chi connectivity index (χ4v) is 1.63. The third-order valence-corrected chi connectivity index (χ3v) is 2.69. The number of nitrogens with one attached hydrogen (secondary N) is 1. The van der Waals surface area contributed by atoms with Crippen molar-refractivity contribution in [1.82, 2.24) is 4.98 Å². The fraction of sp³-hybridized carbons (Fsp3) is 0.0833. The zero-order valence-electron chi connectivity index (χ0n) is 9.55. The number of halogens is 1. The van der Waals surface area contributed by atoms with Gasteiger partial charge >= 0.3 is 5.97 Å². The maximum Gasteiger partial charge on any atom is 0.371 e. The summed E-state index contributed by atoms with van der Waals surface area (Å²) in [7, 11) is 0. The number of aromatic carboxylic acids is 1. The predicted octanol–water partition coefficient (Wildman–Crippen LogP) is 2.51. The number of aromatic nitrogens is 1. The summed E-state index contributed by atoms with van der Waals surface area (Å²) in [6.45, 7) is 0.217. The molecule has 0 aliphatic heterocycles. The Bertz CT molecular complexity index is 660. The number of hydrogen-bond acceptors (Lipinski definition) is 5. The highest BCUT2D eigenvalue weighted by atomic mass is 35.5. The molecular weight excluding hydrogens is 270 g/mol. The molecule has 6 nitrogen and oxygen atoms in total. The average Bonchev–Trinajstić information content (AvgIpc) is 2.86. The fourth-order valence-electron chi connectivity index (χ4n) is 1.41. The van der Waals surface area contributed by atoms with E-state index in [1.165, 1.54) is 18.3 Å². The molecule has 2 N–H and O–H groups in total. The monoisotopic (exact) mass is 277 g/mol. The Kier molecular flexibility index (Phi) is 3.68.